The fourth-order valence-corrected chi connectivity index (χ4v) is 4.20. The van der Waals surface area contributed by atoms with Crippen molar-refractivity contribution in [2.24, 2.45) is 0 Å². The molecule has 9 nitrogen and oxygen atoms in total. The summed E-state index contributed by atoms with van der Waals surface area (Å²) < 4.78 is 10.9. The van der Waals surface area contributed by atoms with E-state index in [1.807, 2.05) is 41.3 Å². The molecule has 2 amide bonds. The zero-order valence-electron chi connectivity index (χ0n) is 18.7. The fraction of sp³-hybridized carbons (Fsp3) is 0.375. The van der Waals surface area contributed by atoms with Gasteiger partial charge >= 0.3 is 6.03 Å². The molecule has 2 aromatic carbocycles. The molecule has 1 saturated heterocycles. The van der Waals surface area contributed by atoms with Gasteiger partial charge in [-0.05, 0) is 25.0 Å². The lowest BCUT2D eigenvalue weighted by atomic mass is 10.1. The first kappa shape index (κ1) is 21.1. The number of carbonyl (C=O) groups excluding carboxylic acids is 1. The highest BCUT2D eigenvalue weighted by molar-refractivity contribution is 5.99. The Bertz CT molecular complexity index is 1150. The van der Waals surface area contributed by atoms with Gasteiger partial charge in [0, 0.05) is 55.2 Å². The number of anilines is 3. The Morgan fingerprint density at radius 3 is 2.73 bits per heavy atom. The minimum Gasteiger partial charge on any atom is -0.454 e. The second kappa shape index (κ2) is 9.40. The largest absolute Gasteiger partial charge is 0.454 e. The van der Waals surface area contributed by atoms with Crippen LogP contribution < -0.4 is 25.0 Å². The maximum atomic E-state index is 12.4. The highest BCUT2D eigenvalue weighted by Gasteiger charge is 2.22. The molecule has 0 spiro atoms. The number of carbonyl (C=O) groups is 1. The lowest BCUT2D eigenvalue weighted by Gasteiger charge is -2.24. The molecule has 0 saturated carbocycles. The highest BCUT2D eigenvalue weighted by atomic mass is 16.7. The van der Waals surface area contributed by atoms with Gasteiger partial charge in [-0.15, -0.1) is 10.2 Å². The molecule has 9 heteroatoms. The van der Waals surface area contributed by atoms with Gasteiger partial charge in [0.25, 0.3) is 0 Å². The molecule has 172 valence electrons. The van der Waals surface area contributed by atoms with E-state index in [9.17, 15) is 4.79 Å². The Balaban J connectivity index is 1.37. The van der Waals surface area contributed by atoms with Crippen LogP contribution in [0.5, 0.6) is 11.5 Å². The normalized spacial score (nSPS) is 15.4. The van der Waals surface area contributed by atoms with Crippen molar-refractivity contribution in [3.8, 4) is 11.5 Å². The van der Waals surface area contributed by atoms with E-state index in [4.69, 9.17) is 9.47 Å². The van der Waals surface area contributed by atoms with Crippen molar-refractivity contribution in [2.75, 3.05) is 49.7 Å². The molecule has 33 heavy (non-hydrogen) atoms. The number of hydrogen-bond acceptors (Lipinski definition) is 7. The summed E-state index contributed by atoms with van der Waals surface area (Å²) in [6, 6.07) is 13.9. The molecule has 5 rings (SSSR count). The van der Waals surface area contributed by atoms with Crippen molar-refractivity contribution in [1.82, 2.24) is 20.4 Å². The Morgan fingerprint density at radius 2 is 1.85 bits per heavy atom. The molecular formula is C24H28N6O3. The third kappa shape index (κ3) is 4.44. The molecule has 2 aliphatic rings. The van der Waals surface area contributed by atoms with E-state index < -0.39 is 0 Å². The first-order valence-corrected chi connectivity index (χ1v) is 11.4. The number of rotatable bonds is 5. The number of benzene rings is 2. The molecule has 2 N–H and O–H groups in total. The summed E-state index contributed by atoms with van der Waals surface area (Å²) in [6.07, 6.45) is 1.81. The van der Waals surface area contributed by atoms with E-state index in [1.54, 1.807) is 0 Å². The van der Waals surface area contributed by atoms with Gasteiger partial charge in [0.2, 0.25) is 6.79 Å². The quantitative estimate of drug-likeness (QED) is 0.614. The van der Waals surface area contributed by atoms with Gasteiger partial charge in [0.1, 0.15) is 0 Å². The van der Waals surface area contributed by atoms with Gasteiger partial charge in [-0.3, -0.25) is 0 Å². The van der Waals surface area contributed by atoms with Crippen molar-refractivity contribution in [2.45, 2.75) is 19.8 Å². The zero-order chi connectivity index (χ0) is 22.6. The van der Waals surface area contributed by atoms with E-state index in [0.717, 1.165) is 54.0 Å². The fourth-order valence-electron chi connectivity index (χ4n) is 4.20. The number of amides is 2. The summed E-state index contributed by atoms with van der Waals surface area (Å²) >= 11 is 0. The number of ether oxygens (including phenoxy) is 2. The minimum absolute atomic E-state index is 0.0120. The van der Waals surface area contributed by atoms with E-state index >= 15 is 0 Å². The minimum atomic E-state index is 0.0120. The van der Waals surface area contributed by atoms with Crippen LogP contribution in [0, 0.1) is 0 Å². The summed E-state index contributed by atoms with van der Waals surface area (Å²) in [7, 11) is 0. The summed E-state index contributed by atoms with van der Waals surface area (Å²) in [5.74, 6) is 2.98. The highest BCUT2D eigenvalue weighted by Crippen LogP contribution is 2.36. The molecule has 0 radical (unpaired) electrons. The van der Waals surface area contributed by atoms with Crippen molar-refractivity contribution < 1.29 is 14.3 Å². The van der Waals surface area contributed by atoms with Gasteiger partial charge in [-0.1, -0.05) is 31.2 Å². The molecule has 0 aliphatic carbocycles. The van der Waals surface area contributed by atoms with E-state index in [-0.39, 0.29) is 12.8 Å². The Hall–Kier alpha value is -3.75. The van der Waals surface area contributed by atoms with Crippen LogP contribution in [0.25, 0.3) is 10.8 Å². The average molecular weight is 449 g/mol. The lowest BCUT2D eigenvalue weighted by molar-refractivity contribution is 0.174. The van der Waals surface area contributed by atoms with Crippen molar-refractivity contribution in [1.29, 1.82) is 0 Å². The van der Waals surface area contributed by atoms with Crippen LogP contribution in [0.3, 0.4) is 0 Å². The predicted molar refractivity (Wildman–Crippen MR) is 127 cm³/mol. The standard InChI is InChI=1S/C24H28N6O3/c1-2-10-25-24(31)30-12-5-11-29(13-14-30)23-19-7-4-3-6-18(19)22(27-28-23)26-17-8-9-20-21(15-17)33-16-32-20/h3-4,6-9,15H,2,5,10-14,16H2,1H3,(H,25,31)(H,26,27). The van der Waals surface area contributed by atoms with Crippen molar-refractivity contribution >= 4 is 34.1 Å². The van der Waals surface area contributed by atoms with Crippen LogP contribution in [0.4, 0.5) is 22.1 Å². The topological polar surface area (TPSA) is 91.9 Å². The summed E-state index contributed by atoms with van der Waals surface area (Å²) in [4.78, 5) is 16.5. The number of nitrogens with zero attached hydrogens (tertiary/aromatic N) is 4. The van der Waals surface area contributed by atoms with Gasteiger partial charge in [-0.25, -0.2) is 4.79 Å². The summed E-state index contributed by atoms with van der Waals surface area (Å²) in [5, 5.41) is 17.5. The first-order valence-electron chi connectivity index (χ1n) is 11.4. The molecule has 0 atom stereocenters. The molecule has 2 aliphatic heterocycles. The number of nitrogens with one attached hydrogen (secondary N) is 2. The molecule has 3 aromatic rings. The number of fused-ring (bicyclic) bond motifs is 2. The lowest BCUT2D eigenvalue weighted by Crippen LogP contribution is -2.42. The number of urea groups is 1. The van der Waals surface area contributed by atoms with Crippen LogP contribution in [0.2, 0.25) is 0 Å². The van der Waals surface area contributed by atoms with Crippen molar-refractivity contribution in [3.63, 3.8) is 0 Å². The molecule has 1 fully saturated rings. The van der Waals surface area contributed by atoms with Crippen LogP contribution >= 0.6 is 0 Å². The van der Waals surface area contributed by atoms with Crippen molar-refractivity contribution in [3.05, 3.63) is 42.5 Å². The second-order valence-electron chi connectivity index (χ2n) is 8.17. The smallest absolute Gasteiger partial charge is 0.317 e. The van der Waals surface area contributed by atoms with Gasteiger partial charge in [0.05, 0.1) is 0 Å². The molecule has 0 bridgehead atoms. The molecule has 0 unspecified atom stereocenters. The zero-order valence-corrected chi connectivity index (χ0v) is 18.7. The SMILES string of the molecule is CCCNC(=O)N1CCCN(c2nnc(Nc3ccc4c(c3)OCO4)c3ccccc23)CC1. The van der Waals surface area contributed by atoms with E-state index in [2.05, 4.69) is 38.7 Å². The molecule has 1 aromatic heterocycles. The maximum absolute atomic E-state index is 12.4. The summed E-state index contributed by atoms with van der Waals surface area (Å²) in [5.41, 5.74) is 0.856. The Labute approximate surface area is 192 Å². The summed E-state index contributed by atoms with van der Waals surface area (Å²) in [6.45, 7) is 5.93. The number of aromatic nitrogens is 2. The van der Waals surface area contributed by atoms with Gasteiger partial charge in [0.15, 0.2) is 23.1 Å². The monoisotopic (exact) mass is 448 g/mol. The van der Waals surface area contributed by atoms with Crippen LogP contribution in [-0.2, 0) is 0 Å². The first-order chi connectivity index (χ1) is 16.2. The second-order valence-corrected chi connectivity index (χ2v) is 8.17. The Morgan fingerprint density at radius 1 is 1.00 bits per heavy atom. The third-order valence-corrected chi connectivity index (χ3v) is 5.91. The molecule has 3 heterocycles. The van der Waals surface area contributed by atoms with Crippen LogP contribution in [0.15, 0.2) is 42.5 Å². The van der Waals surface area contributed by atoms with Crippen LogP contribution in [-0.4, -0.2) is 60.6 Å². The van der Waals surface area contributed by atoms with E-state index in [1.165, 1.54) is 0 Å². The number of hydrogen-bond donors (Lipinski definition) is 2. The van der Waals surface area contributed by atoms with Crippen LogP contribution in [0.1, 0.15) is 19.8 Å². The average Bonchev–Trinajstić information content (AvgIpc) is 3.18. The van der Waals surface area contributed by atoms with Gasteiger partial charge in [-0.2, -0.15) is 0 Å². The Kier molecular flexibility index (Phi) is 6.01. The van der Waals surface area contributed by atoms with E-state index in [0.29, 0.717) is 31.2 Å². The van der Waals surface area contributed by atoms with Gasteiger partial charge < -0.3 is 29.9 Å². The third-order valence-electron chi connectivity index (χ3n) is 5.91. The molecular weight excluding hydrogens is 420 g/mol. The predicted octanol–water partition coefficient (Wildman–Crippen LogP) is 3.73. The maximum Gasteiger partial charge on any atom is 0.317 e.